The van der Waals surface area contributed by atoms with Crippen molar-refractivity contribution in [2.24, 2.45) is 5.73 Å². The van der Waals surface area contributed by atoms with Crippen molar-refractivity contribution in [3.63, 3.8) is 0 Å². The van der Waals surface area contributed by atoms with Crippen molar-refractivity contribution >= 4 is 0 Å². The summed E-state index contributed by atoms with van der Waals surface area (Å²) in [5.41, 5.74) is 6.64. The highest BCUT2D eigenvalue weighted by Crippen LogP contribution is 2.31. The van der Waals surface area contributed by atoms with Crippen molar-refractivity contribution in [3.05, 3.63) is 48.0 Å². The van der Waals surface area contributed by atoms with E-state index in [1.165, 1.54) is 0 Å². The van der Waals surface area contributed by atoms with Gasteiger partial charge in [0, 0.05) is 12.1 Å². The Morgan fingerprint density at radius 2 is 1.48 bits per heavy atom. The molecule has 0 heterocycles. The van der Waals surface area contributed by atoms with E-state index >= 15 is 0 Å². The molecule has 0 atom stereocenters. The van der Waals surface area contributed by atoms with Crippen LogP contribution >= 0.6 is 0 Å². The molecule has 2 N–H and O–H groups in total. The molecule has 5 heteroatoms. The second kappa shape index (κ2) is 8.90. The summed E-state index contributed by atoms with van der Waals surface area (Å²) in [4.78, 5) is 0. The molecule has 0 bridgehead atoms. The molecule has 124 valence electrons. The minimum absolute atomic E-state index is 0.383. The Morgan fingerprint density at radius 3 is 2.13 bits per heavy atom. The number of hydrogen-bond acceptors (Lipinski definition) is 5. The molecular weight excluding hydrogens is 294 g/mol. The van der Waals surface area contributed by atoms with Gasteiger partial charge in [-0.05, 0) is 25.1 Å². The molecule has 0 amide bonds. The topological polar surface area (TPSA) is 62.9 Å². The molecule has 2 aromatic carbocycles. The lowest BCUT2D eigenvalue weighted by Gasteiger charge is -2.15. The van der Waals surface area contributed by atoms with Crippen LogP contribution in [0.3, 0.4) is 0 Å². The van der Waals surface area contributed by atoms with Crippen LogP contribution in [0.25, 0.3) is 0 Å². The molecule has 0 fully saturated rings. The van der Waals surface area contributed by atoms with Crippen molar-refractivity contribution in [3.8, 4) is 23.0 Å². The number of benzene rings is 2. The Balaban J connectivity index is 1.94. The molecule has 0 aliphatic carbocycles. The third-order valence-corrected chi connectivity index (χ3v) is 3.24. The van der Waals surface area contributed by atoms with Gasteiger partial charge in [-0.1, -0.05) is 24.3 Å². The molecule has 0 aliphatic rings. The molecule has 0 saturated heterocycles. The molecule has 2 aromatic rings. The van der Waals surface area contributed by atoms with E-state index < -0.39 is 0 Å². The zero-order chi connectivity index (χ0) is 16.5. The van der Waals surface area contributed by atoms with E-state index in [0.29, 0.717) is 43.6 Å². The Morgan fingerprint density at radius 1 is 0.826 bits per heavy atom. The number of nitrogens with two attached hydrogens (primary N) is 1. The van der Waals surface area contributed by atoms with Gasteiger partial charge >= 0.3 is 0 Å². The normalized spacial score (nSPS) is 10.2. The SMILES string of the molecule is CCOc1ccccc1OCCOc1c(CN)cccc1OC. The lowest BCUT2D eigenvalue weighted by atomic mass is 10.2. The molecule has 5 nitrogen and oxygen atoms in total. The largest absolute Gasteiger partial charge is 0.493 e. The number of para-hydroxylation sites is 3. The van der Waals surface area contributed by atoms with Gasteiger partial charge in [0.1, 0.15) is 13.2 Å². The van der Waals surface area contributed by atoms with Crippen molar-refractivity contribution in [1.29, 1.82) is 0 Å². The van der Waals surface area contributed by atoms with Gasteiger partial charge in [0.2, 0.25) is 0 Å². The van der Waals surface area contributed by atoms with Crippen LogP contribution in [0.1, 0.15) is 12.5 Å². The number of methoxy groups -OCH3 is 1. The predicted octanol–water partition coefficient (Wildman–Crippen LogP) is 3.01. The Kier molecular flexibility index (Phi) is 6.56. The third kappa shape index (κ3) is 4.53. The highest BCUT2D eigenvalue weighted by Gasteiger charge is 2.10. The standard InChI is InChI=1S/C18H23NO4/c1-3-21-15-8-4-5-9-16(15)22-11-12-23-18-14(13-19)7-6-10-17(18)20-2/h4-10H,3,11-13,19H2,1-2H3. The van der Waals surface area contributed by atoms with E-state index in [4.69, 9.17) is 24.7 Å². The van der Waals surface area contributed by atoms with Crippen LogP contribution in [-0.2, 0) is 6.54 Å². The zero-order valence-corrected chi connectivity index (χ0v) is 13.6. The predicted molar refractivity (Wildman–Crippen MR) is 89.5 cm³/mol. The second-order valence-electron chi connectivity index (χ2n) is 4.73. The maximum atomic E-state index is 5.80. The number of hydrogen-bond donors (Lipinski definition) is 1. The summed E-state index contributed by atoms with van der Waals surface area (Å²) in [5, 5.41) is 0. The van der Waals surface area contributed by atoms with E-state index in [9.17, 15) is 0 Å². The fourth-order valence-corrected chi connectivity index (χ4v) is 2.19. The van der Waals surface area contributed by atoms with Crippen LogP contribution in [0.15, 0.2) is 42.5 Å². The van der Waals surface area contributed by atoms with Crippen LogP contribution < -0.4 is 24.7 Å². The average Bonchev–Trinajstić information content (AvgIpc) is 2.60. The quantitative estimate of drug-likeness (QED) is 0.720. The highest BCUT2D eigenvalue weighted by atomic mass is 16.5. The summed E-state index contributed by atoms with van der Waals surface area (Å²) in [6.07, 6.45) is 0. The summed E-state index contributed by atoms with van der Waals surface area (Å²) < 4.78 is 22.4. The fourth-order valence-electron chi connectivity index (χ4n) is 2.19. The van der Waals surface area contributed by atoms with Gasteiger partial charge in [0.25, 0.3) is 0 Å². The molecular formula is C18H23NO4. The van der Waals surface area contributed by atoms with E-state index in [2.05, 4.69) is 0 Å². The van der Waals surface area contributed by atoms with Crippen LogP contribution in [-0.4, -0.2) is 26.9 Å². The van der Waals surface area contributed by atoms with Crippen molar-refractivity contribution < 1.29 is 18.9 Å². The third-order valence-electron chi connectivity index (χ3n) is 3.24. The number of ether oxygens (including phenoxy) is 4. The lowest BCUT2D eigenvalue weighted by molar-refractivity contribution is 0.202. The summed E-state index contributed by atoms with van der Waals surface area (Å²) in [6, 6.07) is 13.2. The van der Waals surface area contributed by atoms with Crippen LogP contribution in [0.5, 0.6) is 23.0 Å². The van der Waals surface area contributed by atoms with Gasteiger partial charge in [-0.25, -0.2) is 0 Å². The minimum Gasteiger partial charge on any atom is -0.493 e. The van der Waals surface area contributed by atoms with Crippen LogP contribution in [0, 0.1) is 0 Å². The highest BCUT2D eigenvalue weighted by molar-refractivity contribution is 5.46. The summed E-state index contributed by atoms with van der Waals surface area (Å²) in [6.45, 7) is 3.70. The smallest absolute Gasteiger partial charge is 0.165 e. The maximum absolute atomic E-state index is 5.80. The molecule has 0 aliphatic heterocycles. The van der Waals surface area contributed by atoms with E-state index in [0.717, 1.165) is 11.3 Å². The first-order valence-electron chi connectivity index (χ1n) is 7.63. The number of rotatable bonds is 9. The second-order valence-corrected chi connectivity index (χ2v) is 4.73. The van der Waals surface area contributed by atoms with Crippen molar-refractivity contribution in [1.82, 2.24) is 0 Å². The fraction of sp³-hybridized carbons (Fsp3) is 0.333. The monoisotopic (exact) mass is 317 g/mol. The summed E-state index contributed by atoms with van der Waals surface area (Å²) in [7, 11) is 1.61. The molecule has 0 saturated carbocycles. The first-order valence-corrected chi connectivity index (χ1v) is 7.63. The van der Waals surface area contributed by atoms with Gasteiger partial charge in [-0.15, -0.1) is 0 Å². The molecule has 0 unspecified atom stereocenters. The first kappa shape index (κ1) is 17.0. The molecule has 0 aromatic heterocycles. The summed E-state index contributed by atoms with van der Waals surface area (Å²) in [5.74, 6) is 2.77. The van der Waals surface area contributed by atoms with E-state index in [1.54, 1.807) is 7.11 Å². The van der Waals surface area contributed by atoms with Crippen molar-refractivity contribution in [2.45, 2.75) is 13.5 Å². The molecule has 0 spiro atoms. The molecule has 2 rings (SSSR count). The Bertz CT molecular complexity index is 593. The van der Waals surface area contributed by atoms with Gasteiger partial charge in [0.15, 0.2) is 23.0 Å². The lowest BCUT2D eigenvalue weighted by Crippen LogP contribution is -2.12. The van der Waals surface area contributed by atoms with Crippen LogP contribution in [0.4, 0.5) is 0 Å². The first-order chi connectivity index (χ1) is 11.3. The van der Waals surface area contributed by atoms with Crippen LogP contribution in [0.2, 0.25) is 0 Å². The molecule has 0 radical (unpaired) electrons. The van der Waals surface area contributed by atoms with Crippen molar-refractivity contribution in [2.75, 3.05) is 26.9 Å². The van der Waals surface area contributed by atoms with Gasteiger partial charge < -0.3 is 24.7 Å². The maximum Gasteiger partial charge on any atom is 0.165 e. The zero-order valence-electron chi connectivity index (χ0n) is 13.6. The minimum atomic E-state index is 0.383. The Labute approximate surface area is 136 Å². The van der Waals surface area contributed by atoms with Gasteiger partial charge in [-0.2, -0.15) is 0 Å². The Hall–Kier alpha value is -2.40. The van der Waals surface area contributed by atoms with Gasteiger partial charge in [0.05, 0.1) is 13.7 Å². The van der Waals surface area contributed by atoms with Gasteiger partial charge in [-0.3, -0.25) is 0 Å². The van der Waals surface area contributed by atoms with E-state index in [-0.39, 0.29) is 0 Å². The molecule has 23 heavy (non-hydrogen) atoms. The van der Waals surface area contributed by atoms with E-state index in [1.807, 2.05) is 49.4 Å². The summed E-state index contributed by atoms with van der Waals surface area (Å²) >= 11 is 0. The average molecular weight is 317 g/mol.